The van der Waals surface area contributed by atoms with Crippen molar-refractivity contribution in [2.45, 2.75) is 24.3 Å². The standard InChI is InChI=1S/C19H18N4O5S/c1-11-6-4-5-7-14(11)18-21-22-19(28-18)29-12(2)17(24)20-15-9-8-13(23(25)26)10-16(15)27-3/h4-10,12H,1-3H3,(H,20,24)/t12-/m0/s1. The molecule has 29 heavy (non-hydrogen) atoms. The number of nitrogens with one attached hydrogen (secondary N) is 1. The van der Waals surface area contributed by atoms with Gasteiger partial charge in [-0.3, -0.25) is 14.9 Å². The lowest BCUT2D eigenvalue weighted by Gasteiger charge is -2.12. The average Bonchev–Trinajstić information content (AvgIpc) is 3.16. The summed E-state index contributed by atoms with van der Waals surface area (Å²) in [6, 6.07) is 11.6. The molecule has 0 aliphatic heterocycles. The van der Waals surface area contributed by atoms with E-state index in [1.165, 1.54) is 25.3 Å². The minimum atomic E-state index is -0.555. The molecule has 0 aliphatic rings. The second-order valence-corrected chi connectivity index (χ2v) is 7.37. The van der Waals surface area contributed by atoms with Crippen LogP contribution < -0.4 is 10.1 Å². The van der Waals surface area contributed by atoms with E-state index in [1.807, 2.05) is 31.2 Å². The van der Waals surface area contributed by atoms with Crippen molar-refractivity contribution in [3.8, 4) is 17.2 Å². The van der Waals surface area contributed by atoms with Crippen LogP contribution in [0.4, 0.5) is 11.4 Å². The van der Waals surface area contributed by atoms with Crippen LogP contribution in [0.5, 0.6) is 5.75 Å². The molecule has 1 N–H and O–H groups in total. The molecule has 1 aromatic heterocycles. The first-order valence-corrected chi connectivity index (χ1v) is 9.46. The SMILES string of the molecule is COc1cc([N+](=O)[O-])ccc1NC(=O)[C@H](C)Sc1nnc(-c2ccccc2C)o1. The van der Waals surface area contributed by atoms with Gasteiger partial charge in [0, 0.05) is 11.6 Å². The van der Waals surface area contributed by atoms with Gasteiger partial charge in [0.25, 0.3) is 10.9 Å². The Bertz CT molecular complexity index is 1050. The lowest BCUT2D eigenvalue weighted by molar-refractivity contribution is -0.384. The van der Waals surface area contributed by atoms with E-state index in [0.717, 1.165) is 22.9 Å². The van der Waals surface area contributed by atoms with Crippen molar-refractivity contribution in [2.75, 3.05) is 12.4 Å². The molecule has 2 aromatic carbocycles. The summed E-state index contributed by atoms with van der Waals surface area (Å²) in [5.74, 6) is 0.248. The number of carbonyl (C=O) groups is 1. The number of rotatable bonds is 7. The third kappa shape index (κ3) is 4.72. The summed E-state index contributed by atoms with van der Waals surface area (Å²) >= 11 is 1.11. The van der Waals surface area contributed by atoms with Crippen molar-refractivity contribution >= 4 is 29.0 Å². The fraction of sp³-hybridized carbons (Fsp3) is 0.211. The van der Waals surface area contributed by atoms with Gasteiger partial charge in [0.2, 0.25) is 11.8 Å². The van der Waals surface area contributed by atoms with E-state index in [4.69, 9.17) is 9.15 Å². The van der Waals surface area contributed by atoms with Crippen molar-refractivity contribution in [2.24, 2.45) is 0 Å². The van der Waals surface area contributed by atoms with Gasteiger partial charge in [-0.15, -0.1) is 10.2 Å². The minimum absolute atomic E-state index is 0.128. The van der Waals surface area contributed by atoms with Gasteiger partial charge in [-0.25, -0.2) is 0 Å². The van der Waals surface area contributed by atoms with E-state index in [-0.39, 0.29) is 22.6 Å². The number of methoxy groups -OCH3 is 1. The van der Waals surface area contributed by atoms with Crippen LogP contribution >= 0.6 is 11.8 Å². The molecule has 0 spiro atoms. The number of aromatic nitrogens is 2. The summed E-state index contributed by atoms with van der Waals surface area (Å²) in [6.07, 6.45) is 0. The molecule has 0 radical (unpaired) electrons. The Morgan fingerprint density at radius 3 is 2.72 bits per heavy atom. The predicted octanol–water partition coefficient (Wildman–Crippen LogP) is 4.08. The Hall–Kier alpha value is -3.40. The minimum Gasteiger partial charge on any atom is -0.494 e. The fourth-order valence-corrected chi connectivity index (χ4v) is 3.20. The first kappa shape index (κ1) is 20.3. The third-order valence-electron chi connectivity index (χ3n) is 4.08. The summed E-state index contributed by atoms with van der Waals surface area (Å²) in [5.41, 5.74) is 2.04. The molecule has 1 atom stereocenters. The Kier molecular flexibility index (Phi) is 6.13. The van der Waals surface area contributed by atoms with E-state index >= 15 is 0 Å². The van der Waals surface area contributed by atoms with Crippen molar-refractivity contribution in [1.82, 2.24) is 10.2 Å². The number of hydrogen-bond donors (Lipinski definition) is 1. The van der Waals surface area contributed by atoms with Crippen LogP contribution in [0, 0.1) is 17.0 Å². The molecular weight excluding hydrogens is 396 g/mol. The van der Waals surface area contributed by atoms with Gasteiger partial charge >= 0.3 is 0 Å². The number of anilines is 1. The number of aryl methyl sites for hydroxylation is 1. The van der Waals surface area contributed by atoms with E-state index in [2.05, 4.69) is 15.5 Å². The highest BCUT2D eigenvalue weighted by Gasteiger charge is 2.21. The fourth-order valence-electron chi connectivity index (χ4n) is 2.51. The highest BCUT2D eigenvalue weighted by atomic mass is 32.2. The molecule has 0 bridgehead atoms. The first-order chi connectivity index (χ1) is 13.9. The molecule has 0 fully saturated rings. The van der Waals surface area contributed by atoms with E-state index in [0.29, 0.717) is 11.6 Å². The van der Waals surface area contributed by atoms with Crippen molar-refractivity contribution < 1.29 is 18.9 Å². The smallest absolute Gasteiger partial charge is 0.277 e. The van der Waals surface area contributed by atoms with Crippen LogP contribution in [0.2, 0.25) is 0 Å². The van der Waals surface area contributed by atoms with Crippen LogP contribution in [-0.4, -0.2) is 33.4 Å². The molecule has 1 amide bonds. The summed E-state index contributed by atoms with van der Waals surface area (Å²) < 4.78 is 10.8. The lowest BCUT2D eigenvalue weighted by atomic mass is 10.1. The third-order valence-corrected chi connectivity index (χ3v) is 5.02. The number of amides is 1. The van der Waals surface area contributed by atoms with Gasteiger partial charge in [0.05, 0.1) is 29.0 Å². The number of nitro groups is 1. The molecule has 1 heterocycles. The zero-order valence-corrected chi connectivity index (χ0v) is 16.7. The van der Waals surface area contributed by atoms with Gasteiger partial charge in [-0.05, 0) is 31.5 Å². The quantitative estimate of drug-likeness (QED) is 0.349. The monoisotopic (exact) mass is 414 g/mol. The molecule has 3 aromatic rings. The number of benzene rings is 2. The number of thioether (sulfide) groups is 1. The number of hydrogen-bond acceptors (Lipinski definition) is 8. The zero-order chi connectivity index (χ0) is 21.0. The van der Waals surface area contributed by atoms with Gasteiger partial charge in [0.15, 0.2) is 0 Å². The second kappa shape index (κ2) is 8.74. The number of ether oxygens (including phenoxy) is 1. The molecule has 0 saturated heterocycles. The molecular formula is C19H18N4O5S. The molecule has 9 nitrogen and oxygen atoms in total. The number of non-ortho nitro benzene ring substituents is 1. The predicted molar refractivity (Wildman–Crippen MR) is 108 cm³/mol. The van der Waals surface area contributed by atoms with Crippen molar-refractivity contribution in [3.05, 3.63) is 58.1 Å². The lowest BCUT2D eigenvalue weighted by Crippen LogP contribution is -2.22. The van der Waals surface area contributed by atoms with Crippen molar-refractivity contribution in [1.29, 1.82) is 0 Å². The van der Waals surface area contributed by atoms with Crippen LogP contribution in [0.3, 0.4) is 0 Å². The van der Waals surface area contributed by atoms with Crippen molar-refractivity contribution in [3.63, 3.8) is 0 Å². The van der Waals surface area contributed by atoms with Crippen LogP contribution in [0.25, 0.3) is 11.5 Å². The Morgan fingerprint density at radius 1 is 1.28 bits per heavy atom. The zero-order valence-electron chi connectivity index (χ0n) is 15.9. The maximum atomic E-state index is 12.5. The molecule has 0 unspecified atom stereocenters. The van der Waals surface area contributed by atoms with E-state index in [1.54, 1.807) is 6.92 Å². The maximum Gasteiger partial charge on any atom is 0.277 e. The normalized spacial score (nSPS) is 11.7. The largest absolute Gasteiger partial charge is 0.494 e. The maximum absolute atomic E-state index is 12.5. The Morgan fingerprint density at radius 2 is 2.03 bits per heavy atom. The summed E-state index contributed by atoms with van der Waals surface area (Å²) in [5, 5.41) is 21.3. The number of nitrogens with zero attached hydrogens (tertiary/aromatic N) is 3. The van der Waals surface area contributed by atoms with Gasteiger partial charge in [-0.2, -0.15) is 0 Å². The van der Waals surface area contributed by atoms with Gasteiger partial charge in [-0.1, -0.05) is 30.0 Å². The topological polar surface area (TPSA) is 120 Å². The Labute approximate surface area is 170 Å². The van der Waals surface area contributed by atoms with Gasteiger partial charge < -0.3 is 14.5 Å². The summed E-state index contributed by atoms with van der Waals surface area (Å²) in [6.45, 7) is 3.63. The number of carbonyl (C=O) groups excluding carboxylic acids is 1. The van der Waals surface area contributed by atoms with E-state index in [9.17, 15) is 14.9 Å². The molecule has 10 heteroatoms. The molecule has 3 rings (SSSR count). The summed E-state index contributed by atoms with van der Waals surface area (Å²) in [7, 11) is 1.37. The van der Waals surface area contributed by atoms with Crippen LogP contribution in [0.1, 0.15) is 12.5 Å². The molecule has 150 valence electrons. The molecule has 0 saturated carbocycles. The average molecular weight is 414 g/mol. The number of nitro benzene ring substituents is 1. The molecule has 0 aliphatic carbocycles. The van der Waals surface area contributed by atoms with E-state index < -0.39 is 10.2 Å². The van der Waals surface area contributed by atoms with Crippen LogP contribution in [-0.2, 0) is 4.79 Å². The second-order valence-electron chi connectivity index (χ2n) is 6.08. The van der Waals surface area contributed by atoms with Gasteiger partial charge in [0.1, 0.15) is 5.75 Å². The highest BCUT2D eigenvalue weighted by molar-refractivity contribution is 8.00. The van der Waals surface area contributed by atoms with Crippen LogP contribution in [0.15, 0.2) is 52.1 Å². The Balaban J connectivity index is 1.69. The first-order valence-electron chi connectivity index (χ1n) is 8.58. The highest BCUT2D eigenvalue weighted by Crippen LogP contribution is 2.31. The summed E-state index contributed by atoms with van der Waals surface area (Å²) in [4.78, 5) is 22.9.